The predicted molar refractivity (Wildman–Crippen MR) is 109 cm³/mol. The average Bonchev–Trinajstić information content (AvgIpc) is 3.05. The van der Waals surface area contributed by atoms with Gasteiger partial charge >= 0.3 is 0 Å². The SMILES string of the molecule is CCNC(=NCCc1cccs1)NCCOc1cccc(F)c1.I. The molecule has 0 saturated carbocycles. The molecule has 1 aromatic carbocycles. The molecule has 0 saturated heterocycles. The van der Waals surface area contributed by atoms with E-state index in [4.69, 9.17) is 4.74 Å². The summed E-state index contributed by atoms with van der Waals surface area (Å²) in [5, 5.41) is 8.48. The number of rotatable bonds is 8. The molecule has 24 heavy (non-hydrogen) atoms. The van der Waals surface area contributed by atoms with Crippen molar-refractivity contribution in [2.24, 2.45) is 4.99 Å². The Balaban J connectivity index is 0.00000288. The quantitative estimate of drug-likeness (QED) is 0.272. The Kier molecular flexibility index (Phi) is 10.4. The minimum atomic E-state index is -0.293. The lowest BCUT2D eigenvalue weighted by Crippen LogP contribution is -2.39. The smallest absolute Gasteiger partial charge is 0.191 e. The lowest BCUT2D eigenvalue weighted by molar-refractivity contribution is 0.320. The standard InChI is InChI=1S/C17H22FN3OS.HI/c1-2-19-17(20-9-8-16-7-4-12-23-16)21-10-11-22-15-6-3-5-14(18)13-15;/h3-7,12-13H,2,8-11H2,1H3,(H2,19,20,21);1H. The van der Waals surface area contributed by atoms with Crippen LogP contribution in [0.3, 0.4) is 0 Å². The number of guanidine groups is 1. The molecule has 0 aliphatic carbocycles. The fraction of sp³-hybridized carbons (Fsp3) is 0.353. The second-order valence-corrected chi connectivity index (χ2v) is 5.85. The fourth-order valence-electron chi connectivity index (χ4n) is 1.97. The van der Waals surface area contributed by atoms with Crippen LogP contribution >= 0.6 is 35.3 Å². The van der Waals surface area contributed by atoms with Crippen LogP contribution in [-0.2, 0) is 6.42 Å². The Hall–Kier alpha value is -1.35. The van der Waals surface area contributed by atoms with Crippen LogP contribution in [0, 0.1) is 5.82 Å². The predicted octanol–water partition coefficient (Wildman–Crippen LogP) is 3.68. The van der Waals surface area contributed by atoms with Gasteiger partial charge in [0.1, 0.15) is 18.2 Å². The van der Waals surface area contributed by atoms with Gasteiger partial charge in [-0.1, -0.05) is 12.1 Å². The van der Waals surface area contributed by atoms with Gasteiger partial charge in [0.15, 0.2) is 5.96 Å². The zero-order chi connectivity index (χ0) is 16.3. The van der Waals surface area contributed by atoms with Gasteiger partial charge in [-0.2, -0.15) is 0 Å². The van der Waals surface area contributed by atoms with Crippen molar-refractivity contribution in [1.82, 2.24) is 10.6 Å². The summed E-state index contributed by atoms with van der Waals surface area (Å²) in [5.74, 6) is 1.01. The van der Waals surface area contributed by atoms with Crippen LogP contribution < -0.4 is 15.4 Å². The van der Waals surface area contributed by atoms with Crippen LogP contribution in [0.2, 0.25) is 0 Å². The van der Waals surface area contributed by atoms with Crippen LogP contribution in [0.15, 0.2) is 46.8 Å². The Labute approximate surface area is 163 Å². The van der Waals surface area contributed by atoms with E-state index in [9.17, 15) is 4.39 Å². The molecule has 0 aliphatic rings. The Bertz CT molecular complexity index is 608. The van der Waals surface area contributed by atoms with Gasteiger partial charge in [0.05, 0.1) is 6.54 Å². The topological polar surface area (TPSA) is 45.7 Å². The highest BCUT2D eigenvalue weighted by Gasteiger charge is 1.99. The summed E-state index contributed by atoms with van der Waals surface area (Å²) in [6, 6.07) is 10.3. The number of thiophene rings is 1. The van der Waals surface area contributed by atoms with E-state index in [1.54, 1.807) is 23.5 Å². The monoisotopic (exact) mass is 463 g/mol. The van der Waals surface area contributed by atoms with E-state index in [-0.39, 0.29) is 29.8 Å². The molecule has 4 nitrogen and oxygen atoms in total. The summed E-state index contributed by atoms with van der Waals surface area (Å²) in [6.07, 6.45) is 0.939. The van der Waals surface area contributed by atoms with E-state index in [1.807, 2.05) is 6.92 Å². The van der Waals surface area contributed by atoms with Gasteiger partial charge in [0, 0.05) is 30.5 Å². The van der Waals surface area contributed by atoms with E-state index in [1.165, 1.54) is 17.0 Å². The van der Waals surface area contributed by atoms with Gasteiger partial charge in [-0.3, -0.25) is 4.99 Å². The molecule has 132 valence electrons. The zero-order valence-electron chi connectivity index (χ0n) is 13.6. The van der Waals surface area contributed by atoms with E-state index in [0.717, 1.165) is 25.5 Å². The minimum absolute atomic E-state index is 0. The number of nitrogens with one attached hydrogen (secondary N) is 2. The van der Waals surface area contributed by atoms with Crippen LogP contribution in [0.25, 0.3) is 0 Å². The van der Waals surface area contributed by atoms with Gasteiger partial charge in [-0.25, -0.2) is 4.39 Å². The highest BCUT2D eigenvalue weighted by Crippen LogP contribution is 2.11. The lowest BCUT2D eigenvalue weighted by Gasteiger charge is -2.12. The molecule has 1 heterocycles. The van der Waals surface area contributed by atoms with Crippen LogP contribution in [0.4, 0.5) is 4.39 Å². The van der Waals surface area contributed by atoms with Gasteiger partial charge in [0.25, 0.3) is 0 Å². The molecule has 0 radical (unpaired) electrons. The van der Waals surface area contributed by atoms with Crippen molar-refractivity contribution in [3.05, 3.63) is 52.5 Å². The maximum atomic E-state index is 13.0. The Morgan fingerprint density at radius 2 is 2.12 bits per heavy atom. The highest BCUT2D eigenvalue weighted by molar-refractivity contribution is 14.0. The van der Waals surface area contributed by atoms with Gasteiger partial charge in [0.2, 0.25) is 0 Å². The van der Waals surface area contributed by atoms with Crippen molar-refractivity contribution in [2.75, 3.05) is 26.2 Å². The molecule has 2 rings (SSSR count). The minimum Gasteiger partial charge on any atom is -0.492 e. The third kappa shape index (κ3) is 7.96. The number of aliphatic imine (C=N–C) groups is 1. The van der Waals surface area contributed by atoms with Crippen LogP contribution in [0.5, 0.6) is 5.75 Å². The summed E-state index contributed by atoms with van der Waals surface area (Å²) in [6.45, 7) is 4.61. The average molecular weight is 463 g/mol. The second-order valence-electron chi connectivity index (χ2n) is 4.82. The van der Waals surface area contributed by atoms with Crippen molar-refractivity contribution in [1.29, 1.82) is 0 Å². The molecule has 0 unspecified atom stereocenters. The molecule has 2 aromatic rings. The molecule has 0 fully saturated rings. The van der Waals surface area contributed by atoms with Crippen LogP contribution in [0.1, 0.15) is 11.8 Å². The fourth-order valence-corrected chi connectivity index (χ4v) is 2.67. The number of ether oxygens (including phenoxy) is 1. The first kappa shape index (κ1) is 20.7. The number of hydrogen-bond donors (Lipinski definition) is 2. The summed E-state index contributed by atoms with van der Waals surface area (Å²) < 4.78 is 18.5. The van der Waals surface area contributed by atoms with Crippen molar-refractivity contribution in [3.63, 3.8) is 0 Å². The zero-order valence-corrected chi connectivity index (χ0v) is 16.8. The Morgan fingerprint density at radius 1 is 1.25 bits per heavy atom. The summed E-state index contributed by atoms with van der Waals surface area (Å²) in [4.78, 5) is 5.86. The van der Waals surface area contributed by atoms with Crippen molar-refractivity contribution in [2.45, 2.75) is 13.3 Å². The lowest BCUT2D eigenvalue weighted by atomic mass is 10.3. The normalized spacial score (nSPS) is 10.8. The van der Waals surface area contributed by atoms with Crippen LogP contribution in [-0.4, -0.2) is 32.2 Å². The maximum absolute atomic E-state index is 13.0. The number of nitrogens with zero attached hydrogens (tertiary/aromatic N) is 1. The second kappa shape index (κ2) is 12.1. The third-order valence-electron chi connectivity index (χ3n) is 3.01. The van der Waals surface area contributed by atoms with E-state index < -0.39 is 0 Å². The van der Waals surface area contributed by atoms with Gasteiger partial charge in [-0.05, 0) is 30.5 Å². The van der Waals surface area contributed by atoms with E-state index >= 15 is 0 Å². The van der Waals surface area contributed by atoms with Gasteiger partial charge < -0.3 is 15.4 Å². The molecule has 0 spiro atoms. The number of benzene rings is 1. The number of hydrogen-bond acceptors (Lipinski definition) is 3. The Morgan fingerprint density at radius 3 is 2.83 bits per heavy atom. The maximum Gasteiger partial charge on any atom is 0.191 e. The summed E-state index contributed by atoms with van der Waals surface area (Å²) in [5.41, 5.74) is 0. The first-order valence-corrected chi connectivity index (χ1v) is 8.59. The van der Waals surface area contributed by atoms with Crippen molar-refractivity contribution >= 4 is 41.3 Å². The molecular weight excluding hydrogens is 440 g/mol. The highest BCUT2D eigenvalue weighted by atomic mass is 127. The number of halogens is 2. The molecule has 0 amide bonds. The first-order chi connectivity index (χ1) is 11.3. The van der Waals surface area contributed by atoms with Gasteiger partial charge in [-0.15, -0.1) is 35.3 Å². The van der Waals surface area contributed by atoms with Crippen molar-refractivity contribution in [3.8, 4) is 5.75 Å². The molecule has 0 bridgehead atoms. The molecule has 1 aromatic heterocycles. The molecule has 2 N–H and O–H groups in total. The third-order valence-corrected chi connectivity index (χ3v) is 3.95. The first-order valence-electron chi connectivity index (χ1n) is 7.71. The van der Waals surface area contributed by atoms with Crippen molar-refractivity contribution < 1.29 is 9.13 Å². The summed E-state index contributed by atoms with van der Waals surface area (Å²) in [7, 11) is 0. The van der Waals surface area contributed by atoms with E-state index in [0.29, 0.717) is 18.9 Å². The summed E-state index contributed by atoms with van der Waals surface area (Å²) >= 11 is 1.75. The molecule has 0 aliphatic heterocycles. The van der Waals surface area contributed by atoms with E-state index in [2.05, 4.69) is 33.1 Å². The largest absolute Gasteiger partial charge is 0.492 e. The molecule has 7 heteroatoms. The molecule has 0 atom stereocenters. The molecular formula is C17H23FIN3OS.